The van der Waals surface area contributed by atoms with Crippen LogP contribution in [0, 0.1) is 0 Å². The van der Waals surface area contributed by atoms with Crippen LogP contribution >= 0.6 is 0 Å². The summed E-state index contributed by atoms with van der Waals surface area (Å²) in [7, 11) is 1.66. The first-order valence-corrected chi connectivity index (χ1v) is 6.81. The molecule has 1 rings (SSSR count). The van der Waals surface area contributed by atoms with E-state index in [0.29, 0.717) is 12.7 Å². The molecule has 1 N–H and O–H groups in total. The van der Waals surface area contributed by atoms with Crippen LogP contribution in [0.2, 0.25) is 0 Å². The van der Waals surface area contributed by atoms with Crippen LogP contribution in [0.5, 0.6) is 11.5 Å². The highest BCUT2D eigenvalue weighted by molar-refractivity contribution is 5.31. The molecule has 0 heterocycles. The fourth-order valence-corrected chi connectivity index (χ4v) is 1.55. The standard InChI is InChI=1S/C15H25NO3/c1-13(2)18-11-4-9-16-10-12-19-15-7-5-14(17-3)6-8-15/h5-8,13,16H,4,9-12H2,1-3H3. The molecule has 4 heteroatoms. The third kappa shape index (κ3) is 7.70. The maximum absolute atomic E-state index is 5.60. The normalized spacial score (nSPS) is 10.7. The largest absolute Gasteiger partial charge is 0.497 e. The maximum Gasteiger partial charge on any atom is 0.119 e. The Morgan fingerprint density at radius 2 is 1.68 bits per heavy atom. The van der Waals surface area contributed by atoms with Crippen LogP contribution in [0.4, 0.5) is 0 Å². The minimum atomic E-state index is 0.318. The van der Waals surface area contributed by atoms with Crippen molar-refractivity contribution in [1.29, 1.82) is 0 Å². The van der Waals surface area contributed by atoms with E-state index in [-0.39, 0.29) is 0 Å². The van der Waals surface area contributed by atoms with Crippen molar-refractivity contribution < 1.29 is 14.2 Å². The molecule has 1 aromatic carbocycles. The van der Waals surface area contributed by atoms with Gasteiger partial charge < -0.3 is 19.5 Å². The molecule has 0 fully saturated rings. The van der Waals surface area contributed by atoms with E-state index < -0.39 is 0 Å². The van der Waals surface area contributed by atoms with E-state index in [1.165, 1.54) is 0 Å². The average Bonchev–Trinajstić information content (AvgIpc) is 2.42. The highest BCUT2D eigenvalue weighted by atomic mass is 16.5. The summed E-state index contributed by atoms with van der Waals surface area (Å²) in [5.74, 6) is 1.71. The number of hydrogen-bond acceptors (Lipinski definition) is 4. The summed E-state index contributed by atoms with van der Waals surface area (Å²) in [5, 5.41) is 3.32. The quantitative estimate of drug-likeness (QED) is 0.661. The first-order valence-electron chi connectivity index (χ1n) is 6.81. The molecule has 0 spiro atoms. The number of hydrogen-bond donors (Lipinski definition) is 1. The summed E-state index contributed by atoms with van der Waals surface area (Å²) in [6.45, 7) is 7.38. The second kappa shape index (κ2) is 9.64. The second-order valence-electron chi connectivity index (χ2n) is 4.55. The van der Waals surface area contributed by atoms with E-state index in [9.17, 15) is 0 Å². The Hall–Kier alpha value is -1.26. The first-order chi connectivity index (χ1) is 9.22. The lowest BCUT2D eigenvalue weighted by Gasteiger charge is -2.09. The Morgan fingerprint density at radius 1 is 1.00 bits per heavy atom. The van der Waals surface area contributed by atoms with Crippen LogP contribution < -0.4 is 14.8 Å². The van der Waals surface area contributed by atoms with Gasteiger partial charge in [0.15, 0.2) is 0 Å². The summed E-state index contributed by atoms with van der Waals surface area (Å²) in [4.78, 5) is 0. The number of rotatable bonds is 10. The minimum absolute atomic E-state index is 0.318. The van der Waals surface area contributed by atoms with Crippen LogP contribution in [-0.2, 0) is 4.74 Å². The van der Waals surface area contributed by atoms with Crippen LogP contribution in [-0.4, -0.2) is 39.5 Å². The van der Waals surface area contributed by atoms with Crippen molar-refractivity contribution in [2.75, 3.05) is 33.4 Å². The van der Waals surface area contributed by atoms with Crippen molar-refractivity contribution in [3.8, 4) is 11.5 Å². The van der Waals surface area contributed by atoms with Crippen molar-refractivity contribution in [2.24, 2.45) is 0 Å². The predicted molar refractivity (Wildman–Crippen MR) is 77.1 cm³/mol. The SMILES string of the molecule is COc1ccc(OCCNCCCOC(C)C)cc1. The molecule has 108 valence electrons. The average molecular weight is 267 g/mol. The lowest BCUT2D eigenvalue weighted by atomic mass is 10.3. The monoisotopic (exact) mass is 267 g/mol. The van der Waals surface area contributed by atoms with Gasteiger partial charge in [0.2, 0.25) is 0 Å². The topological polar surface area (TPSA) is 39.7 Å². The second-order valence-corrected chi connectivity index (χ2v) is 4.55. The van der Waals surface area contributed by atoms with Gasteiger partial charge in [-0.1, -0.05) is 0 Å². The molecule has 0 aliphatic rings. The van der Waals surface area contributed by atoms with Crippen LogP contribution in [0.15, 0.2) is 24.3 Å². The van der Waals surface area contributed by atoms with Crippen LogP contribution in [0.3, 0.4) is 0 Å². The zero-order chi connectivity index (χ0) is 13.9. The molecule has 0 saturated carbocycles. The summed E-state index contributed by atoms with van der Waals surface area (Å²) in [5.41, 5.74) is 0. The molecule has 0 aliphatic heterocycles. The Kier molecular flexibility index (Phi) is 8.02. The maximum atomic E-state index is 5.60. The van der Waals surface area contributed by atoms with Crippen LogP contribution in [0.25, 0.3) is 0 Å². The number of methoxy groups -OCH3 is 1. The molecule has 0 saturated heterocycles. The van der Waals surface area contributed by atoms with Gasteiger partial charge in [0.25, 0.3) is 0 Å². The van der Waals surface area contributed by atoms with Crippen molar-refractivity contribution >= 4 is 0 Å². The molecule has 19 heavy (non-hydrogen) atoms. The predicted octanol–water partition coefficient (Wildman–Crippen LogP) is 2.48. The molecule has 0 aromatic heterocycles. The van der Waals surface area contributed by atoms with Crippen molar-refractivity contribution in [3.63, 3.8) is 0 Å². The summed E-state index contributed by atoms with van der Waals surface area (Å²) in [6.07, 6.45) is 1.35. The van der Waals surface area contributed by atoms with E-state index in [1.807, 2.05) is 24.3 Å². The van der Waals surface area contributed by atoms with E-state index in [1.54, 1.807) is 7.11 Å². The molecule has 0 unspecified atom stereocenters. The van der Waals surface area contributed by atoms with Gasteiger partial charge in [-0.15, -0.1) is 0 Å². The Balaban J connectivity index is 1.98. The summed E-state index contributed by atoms with van der Waals surface area (Å²) < 4.78 is 16.1. The molecule has 0 bridgehead atoms. The lowest BCUT2D eigenvalue weighted by molar-refractivity contribution is 0.0770. The van der Waals surface area contributed by atoms with Gasteiger partial charge in [-0.25, -0.2) is 0 Å². The van der Waals surface area contributed by atoms with E-state index >= 15 is 0 Å². The Morgan fingerprint density at radius 3 is 2.32 bits per heavy atom. The fourth-order valence-electron chi connectivity index (χ4n) is 1.55. The van der Waals surface area contributed by atoms with Gasteiger partial charge in [0, 0.05) is 13.2 Å². The number of nitrogens with one attached hydrogen (secondary N) is 1. The minimum Gasteiger partial charge on any atom is -0.497 e. The third-order valence-corrected chi connectivity index (χ3v) is 2.56. The van der Waals surface area contributed by atoms with Gasteiger partial charge in [0.05, 0.1) is 13.2 Å². The molecule has 0 atom stereocenters. The summed E-state index contributed by atoms with van der Waals surface area (Å²) in [6, 6.07) is 7.61. The Labute approximate surface area is 116 Å². The molecule has 0 aliphatic carbocycles. The zero-order valence-electron chi connectivity index (χ0n) is 12.1. The van der Waals surface area contributed by atoms with E-state index in [4.69, 9.17) is 14.2 Å². The third-order valence-electron chi connectivity index (χ3n) is 2.56. The summed E-state index contributed by atoms with van der Waals surface area (Å²) >= 11 is 0. The molecule has 4 nitrogen and oxygen atoms in total. The number of ether oxygens (including phenoxy) is 3. The number of benzene rings is 1. The molecular weight excluding hydrogens is 242 g/mol. The molecular formula is C15H25NO3. The van der Waals surface area contributed by atoms with Gasteiger partial charge >= 0.3 is 0 Å². The fraction of sp³-hybridized carbons (Fsp3) is 0.600. The highest BCUT2D eigenvalue weighted by Gasteiger charge is 1.96. The van der Waals surface area contributed by atoms with E-state index in [2.05, 4.69) is 19.2 Å². The lowest BCUT2D eigenvalue weighted by Crippen LogP contribution is -2.23. The molecule has 1 aromatic rings. The van der Waals surface area contributed by atoms with Crippen LogP contribution in [0.1, 0.15) is 20.3 Å². The Bertz CT molecular complexity index is 325. The van der Waals surface area contributed by atoms with Gasteiger partial charge in [-0.3, -0.25) is 0 Å². The smallest absolute Gasteiger partial charge is 0.119 e. The first kappa shape index (κ1) is 15.8. The van der Waals surface area contributed by atoms with Gasteiger partial charge in [-0.05, 0) is 51.1 Å². The molecule has 0 amide bonds. The van der Waals surface area contributed by atoms with Gasteiger partial charge in [0.1, 0.15) is 18.1 Å². The van der Waals surface area contributed by atoms with Crippen molar-refractivity contribution in [1.82, 2.24) is 5.32 Å². The van der Waals surface area contributed by atoms with Crippen molar-refractivity contribution in [3.05, 3.63) is 24.3 Å². The zero-order valence-corrected chi connectivity index (χ0v) is 12.1. The highest BCUT2D eigenvalue weighted by Crippen LogP contribution is 2.16. The molecule has 0 radical (unpaired) electrons. The van der Waals surface area contributed by atoms with Crippen molar-refractivity contribution in [2.45, 2.75) is 26.4 Å². The van der Waals surface area contributed by atoms with E-state index in [0.717, 1.165) is 37.6 Å². The van der Waals surface area contributed by atoms with Gasteiger partial charge in [-0.2, -0.15) is 0 Å².